The molecule has 0 N–H and O–H groups in total. The van der Waals surface area contributed by atoms with E-state index in [-0.39, 0.29) is 17.5 Å². The van der Waals surface area contributed by atoms with E-state index in [1.807, 2.05) is 6.07 Å². The first-order chi connectivity index (χ1) is 14.4. The van der Waals surface area contributed by atoms with Crippen LogP contribution in [0.5, 0.6) is 0 Å². The van der Waals surface area contributed by atoms with Gasteiger partial charge in [-0.2, -0.15) is 0 Å². The van der Waals surface area contributed by atoms with Crippen LogP contribution in [0.1, 0.15) is 35.6 Å². The van der Waals surface area contributed by atoms with Gasteiger partial charge in [0, 0.05) is 24.9 Å². The highest BCUT2D eigenvalue weighted by Crippen LogP contribution is 2.28. The van der Waals surface area contributed by atoms with E-state index < -0.39 is 9.84 Å². The van der Waals surface area contributed by atoms with Crippen molar-refractivity contribution >= 4 is 9.84 Å². The highest BCUT2D eigenvalue weighted by Gasteiger charge is 2.25. The summed E-state index contributed by atoms with van der Waals surface area (Å²) in [6.07, 6.45) is 4.98. The number of nitrogens with zero attached hydrogens (tertiary/aromatic N) is 3. The fourth-order valence-corrected chi connectivity index (χ4v) is 5.03. The molecule has 1 aliphatic heterocycles. The van der Waals surface area contributed by atoms with Crippen molar-refractivity contribution in [1.29, 1.82) is 0 Å². The summed E-state index contributed by atoms with van der Waals surface area (Å²) in [5.41, 5.74) is 2.56. The van der Waals surface area contributed by atoms with E-state index in [0.29, 0.717) is 18.0 Å². The number of hydrogen-bond acceptors (Lipinski definition) is 4. The van der Waals surface area contributed by atoms with Crippen LogP contribution in [-0.2, 0) is 22.9 Å². The molecule has 0 aliphatic carbocycles. The van der Waals surface area contributed by atoms with Gasteiger partial charge in [-0.25, -0.2) is 17.8 Å². The Hall–Kier alpha value is -2.51. The molecule has 1 atom stereocenters. The second-order valence-corrected chi connectivity index (χ2v) is 9.88. The van der Waals surface area contributed by atoms with Gasteiger partial charge in [0.2, 0.25) is 15.0 Å². The average Bonchev–Trinajstić information content (AvgIpc) is 3.13. The Morgan fingerprint density at radius 3 is 2.53 bits per heavy atom. The summed E-state index contributed by atoms with van der Waals surface area (Å²) >= 11 is 0. The molecule has 7 heteroatoms. The number of benzene rings is 2. The zero-order valence-corrected chi connectivity index (χ0v) is 17.9. The molecule has 1 saturated heterocycles. The van der Waals surface area contributed by atoms with Crippen molar-refractivity contribution in [3.8, 4) is 0 Å². The zero-order valence-electron chi connectivity index (χ0n) is 17.0. The highest BCUT2D eigenvalue weighted by molar-refractivity contribution is 7.90. The fraction of sp³-hybridized carbons (Fsp3) is 0.348. The molecule has 1 unspecified atom stereocenters. The van der Waals surface area contributed by atoms with Crippen LogP contribution >= 0.6 is 0 Å². The van der Waals surface area contributed by atoms with Gasteiger partial charge in [-0.1, -0.05) is 48.5 Å². The summed E-state index contributed by atoms with van der Waals surface area (Å²) in [6, 6.07) is 16.9. The van der Waals surface area contributed by atoms with Crippen LogP contribution in [0.3, 0.4) is 0 Å². The summed E-state index contributed by atoms with van der Waals surface area (Å²) < 4.78 is 40.4. The molecule has 2 aromatic carbocycles. The molecule has 4 rings (SSSR count). The lowest BCUT2D eigenvalue weighted by atomic mass is 9.90. The first kappa shape index (κ1) is 20.8. The van der Waals surface area contributed by atoms with Gasteiger partial charge < -0.3 is 4.57 Å². The van der Waals surface area contributed by atoms with Crippen molar-refractivity contribution in [2.45, 2.75) is 37.0 Å². The predicted octanol–water partition coefficient (Wildman–Crippen LogP) is 3.85. The number of halogens is 1. The van der Waals surface area contributed by atoms with Gasteiger partial charge in [0.15, 0.2) is 0 Å². The Kier molecular flexibility index (Phi) is 6.01. The molecule has 1 fully saturated rings. The summed E-state index contributed by atoms with van der Waals surface area (Å²) in [6.45, 7) is 2.58. The molecule has 1 aromatic heterocycles. The largest absolute Gasteiger partial charge is 0.313 e. The van der Waals surface area contributed by atoms with Crippen LogP contribution in [0.15, 0.2) is 66.0 Å². The molecule has 158 valence electrons. The van der Waals surface area contributed by atoms with E-state index in [1.54, 1.807) is 29.0 Å². The van der Waals surface area contributed by atoms with Crippen molar-refractivity contribution in [1.82, 2.24) is 14.5 Å². The van der Waals surface area contributed by atoms with E-state index in [1.165, 1.54) is 11.6 Å². The van der Waals surface area contributed by atoms with Crippen molar-refractivity contribution in [3.63, 3.8) is 0 Å². The smallest absolute Gasteiger partial charge is 0.227 e. The normalized spacial score (nSPS) is 17.9. The quantitative estimate of drug-likeness (QED) is 0.600. The molecule has 0 spiro atoms. The van der Waals surface area contributed by atoms with Crippen LogP contribution < -0.4 is 0 Å². The lowest BCUT2D eigenvalue weighted by Crippen LogP contribution is -2.34. The Morgan fingerprint density at radius 1 is 1.07 bits per heavy atom. The number of imidazole rings is 1. The number of hydrogen-bond donors (Lipinski definition) is 0. The van der Waals surface area contributed by atoms with E-state index in [2.05, 4.69) is 34.1 Å². The lowest BCUT2D eigenvalue weighted by Gasteiger charge is -2.33. The summed E-state index contributed by atoms with van der Waals surface area (Å²) in [7, 11) is -3.53. The average molecular weight is 428 g/mol. The van der Waals surface area contributed by atoms with Crippen LogP contribution in [0.2, 0.25) is 0 Å². The number of piperidine rings is 1. The predicted molar refractivity (Wildman–Crippen MR) is 115 cm³/mol. The molecular weight excluding hydrogens is 401 g/mol. The number of rotatable bonds is 6. The number of likely N-dealkylation sites (tertiary alicyclic amines) is 1. The Bertz CT molecular complexity index is 1110. The second kappa shape index (κ2) is 8.70. The minimum atomic E-state index is -3.53. The minimum Gasteiger partial charge on any atom is -0.313 e. The van der Waals surface area contributed by atoms with E-state index in [0.717, 1.165) is 37.9 Å². The fourth-order valence-electron chi connectivity index (χ4n) is 4.21. The lowest BCUT2D eigenvalue weighted by molar-refractivity contribution is 0.195. The second-order valence-electron chi connectivity index (χ2n) is 7.97. The minimum absolute atomic E-state index is 0.0163. The van der Waals surface area contributed by atoms with E-state index in [4.69, 9.17) is 0 Å². The zero-order chi connectivity index (χ0) is 21.1. The topological polar surface area (TPSA) is 55.2 Å². The van der Waals surface area contributed by atoms with Gasteiger partial charge in [-0.05, 0) is 36.9 Å². The van der Waals surface area contributed by atoms with Gasteiger partial charge in [0.1, 0.15) is 5.82 Å². The molecule has 3 aromatic rings. The van der Waals surface area contributed by atoms with Gasteiger partial charge in [0.25, 0.3) is 0 Å². The van der Waals surface area contributed by atoms with Gasteiger partial charge in [0.05, 0.1) is 18.4 Å². The molecular formula is C23H26FN3O2S. The summed E-state index contributed by atoms with van der Waals surface area (Å²) in [5, 5.41) is -0.0163. The molecule has 30 heavy (non-hydrogen) atoms. The maximum absolute atomic E-state index is 14.2. The van der Waals surface area contributed by atoms with Crippen LogP contribution in [-0.4, -0.2) is 42.2 Å². The van der Waals surface area contributed by atoms with Gasteiger partial charge >= 0.3 is 0 Å². The summed E-state index contributed by atoms with van der Waals surface area (Å²) in [5.74, 6) is 0.107. The third-order valence-electron chi connectivity index (χ3n) is 5.68. The molecule has 0 saturated carbocycles. The molecule has 0 amide bonds. The molecule has 5 nitrogen and oxygen atoms in total. The van der Waals surface area contributed by atoms with E-state index in [9.17, 15) is 12.8 Å². The maximum Gasteiger partial charge on any atom is 0.227 e. The third kappa shape index (κ3) is 4.63. The van der Waals surface area contributed by atoms with Crippen molar-refractivity contribution in [3.05, 3.63) is 83.4 Å². The first-order valence-corrected chi connectivity index (χ1v) is 12.1. The van der Waals surface area contributed by atoms with Crippen molar-refractivity contribution in [2.75, 3.05) is 19.3 Å². The van der Waals surface area contributed by atoms with Gasteiger partial charge in [-0.3, -0.25) is 4.90 Å². The monoisotopic (exact) mass is 427 g/mol. The number of aromatic nitrogens is 2. The van der Waals surface area contributed by atoms with E-state index >= 15 is 0 Å². The maximum atomic E-state index is 14.2. The Balaban J connectivity index is 1.59. The van der Waals surface area contributed by atoms with Crippen LogP contribution in [0, 0.1) is 5.82 Å². The number of sulfone groups is 1. The summed E-state index contributed by atoms with van der Waals surface area (Å²) in [4.78, 5) is 6.52. The Morgan fingerprint density at radius 2 is 1.80 bits per heavy atom. The SMILES string of the molecule is CS(=O)(=O)c1ncc(CN2CCCC(c3ccccc3)C2)n1Cc1ccccc1F. The molecule has 0 bridgehead atoms. The molecule has 2 heterocycles. The molecule has 0 radical (unpaired) electrons. The van der Waals surface area contributed by atoms with Crippen molar-refractivity contribution in [2.24, 2.45) is 0 Å². The highest BCUT2D eigenvalue weighted by atomic mass is 32.2. The van der Waals surface area contributed by atoms with Crippen LogP contribution in [0.25, 0.3) is 0 Å². The van der Waals surface area contributed by atoms with Crippen molar-refractivity contribution < 1.29 is 12.8 Å². The molecule has 1 aliphatic rings. The van der Waals surface area contributed by atoms with Crippen LogP contribution in [0.4, 0.5) is 4.39 Å². The first-order valence-electron chi connectivity index (χ1n) is 10.2. The van der Waals surface area contributed by atoms with Gasteiger partial charge in [-0.15, -0.1) is 0 Å². The Labute approximate surface area is 177 Å². The third-order valence-corrected chi connectivity index (χ3v) is 6.67. The standard InChI is InChI=1S/C23H26FN3O2S/c1-30(28,29)23-25-14-21(27(23)16-20-10-5-6-12-22(20)24)17-26-13-7-11-19(15-26)18-8-3-2-4-9-18/h2-6,8-10,12,14,19H,7,11,13,15-17H2,1H3.